The van der Waals surface area contributed by atoms with Crippen LogP contribution in [-0.4, -0.2) is 74.5 Å². The Kier molecular flexibility index (Phi) is 8.32. The highest BCUT2D eigenvalue weighted by Gasteiger charge is 2.21. The number of amides is 2. The van der Waals surface area contributed by atoms with E-state index in [0.29, 0.717) is 62.3 Å². The third-order valence-corrected chi connectivity index (χ3v) is 6.28. The van der Waals surface area contributed by atoms with Gasteiger partial charge < -0.3 is 33.7 Å². The Morgan fingerprint density at radius 1 is 1.06 bits per heavy atom. The molecule has 0 bridgehead atoms. The highest BCUT2D eigenvalue weighted by atomic mass is 16.5. The number of hydrogen-bond donors (Lipinski definition) is 1. The molecular weight excluding hydrogens is 462 g/mol. The fraction of sp³-hybridized carbons (Fsp3) is 0.407. The van der Waals surface area contributed by atoms with E-state index in [1.54, 1.807) is 12.0 Å². The maximum absolute atomic E-state index is 13.2. The van der Waals surface area contributed by atoms with Gasteiger partial charge in [0.25, 0.3) is 11.8 Å². The Morgan fingerprint density at radius 3 is 2.53 bits per heavy atom. The van der Waals surface area contributed by atoms with Crippen molar-refractivity contribution in [1.82, 2.24) is 14.8 Å². The number of ether oxygens (including phenoxy) is 4. The number of morpholine rings is 1. The summed E-state index contributed by atoms with van der Waals surface area (Å²) < 4.78 is 24.3. The summed E-state index contributed by atoms with van der Waals surface area (Å²) in [7, 11) is 1.59. The molecule has 0 spiro atoms. The molecule has 0 radical (unpaired) electrons. The molecule has 0 unspecified atom stereocenters. The number of aromatic nitrogens is 1. The van der Waals surface area contributed by atoms with Crippen molar-refractivity contribution in [2.75, 3.05) is 53.2 Å². The summed E-state index contributed by atoms with van der Waals surface area (Å²) in [5, 5.41) is 3.74. The van der Waals surface area contributed by atoms with Gasteiger partial charge in [-0.05, 0) is 44.2 Å². The molecule has 1 aromatic heterocycles. The monoisotopic (exact) mass is 495 g/mol. The maximum atomic E-state index is 13.2. The predicted molar refractivity (Wildman–Crippen MR) is 136 cm³/mol. The summed E-state index contributed by atoms with van der Waals surface area (Å²) in [5.74, 6) is 1.56. The Bertz CT molecular complexity index is 1220. The molecule has 9 nitrogen and oxygen atoms in total. The van der Waals surface area contributed by atoms with Gasteiger partial charge in [-0.3, -0.25) is 9.59 Å². The van der Waals surface area contributed by atoms with Crippen molar-refractivity contribution in [1.29, 1.82) is 0 Å². The van der Waals surface area contributed by atoms with Crippen LogP contribution in [0.1, 0.15) is 23.0 Å². The van der Waals surface area contributed by atoms with Crippen LogP contribution < -0.4 is 19.5 Å². The first-order valence-electron chi connectivity index (χ1n) is 12.2. The third-order valence-electron chi connectivity index (χ3n) is 6.28. The number of rotatable bonds is 10. The molecule has 192 valence electrons. The number of carbonyl (C=O) groups is 2. The van der Waals surface area contributed by atoms with Crippen LogP contribution in [0.5, 0.6) is 17.2 Å². The van der Waals surface area contributed by atoms with Gasteiger partial charge in [0.15, 0.2) is 18.1 Å². The standard InChI is InChI=1S/C27H33N3O6/c1-4-30-19(2)26(27(32)28-11-14-35-24-8-6-5-7-23(24)33-3)21-17-20(9-10-22(21)30)36-18-25(31)29-12-15-34-16-13-29/h5-10,17H,4,11-16,18H2,1-3H3,(H,28,32). The SMILES string of the molecule is CCn1c(C)c(C(=O)NCCOc2ccccc2OC)c2cc(OCC(=O)N3CCOCC3)ccc21. The predicted octanol–water partition coefficient (Wildman–Crippen LogP) is 3.02. The van der Waals surface area contributed by atoms with Crippen LogP contribution in [0.2, 0.25) is 0 Å². The number of hydrogen-bond acceptors (Lipinski definition) is 6. The molecule has 1 N–H and O–H groups in total. The number of aryl methyl sites for hydroxylation is 1. The van der Waals surface area contributed by atoms with Crippen LogP contribution in [-0.2, 0) is 16.1 Å². The normalized spacial score (nSPS) is 13.5. The lowest BCUT2D eigenvalue weighted by Crippen LogP contribution is -2.42. The van der Waals surface area contributed by atoms with Gasteiger partial charge in [-0.25, -0.2) is 0 Å². The average molecular weight is 496 g/mol. The molecule has 1 aliphatic heterocycles. The van der Waals surface area contributed by atoms with Gasteiger partial charge in [0.2, 0.25) is 0 Å². The summed E-state index contributed by atoms with van der Waals surface area (Å²) in [5.41, 5.74) is 2.41. The highest BCUT2D eigenvalue weighted by Crippen LogP contribution is 2.30. The summed E-state index contributed by atoms with van der Waals surface area (Å²) in [6.07, 6.45) is 0. The van der Waals surface area contributed by atoms with Crippen molar-refractivity contribution in [2.45, 2.75) is 20.4 Å². The molecule has 1 aliphatic rings. The Hall–Kier alpha value is -3.72. The Labute approximate surface area is 210 Å². The Morgan fingerprint density at radius 2 is 1.81 bits per heavy atom. The summed E-state index contributed by atoms with van der Waals surface area (Å²) in [6.45, 7) is 7.52. The van der Waals surface area contributed by atoms with Crippen LogP contribution in [0.4, 0.5) is 0 Å². The molecule has 36 heavy (non-hydrogen) atoms. The zero-order valence-corrected chi connectivity index (χ0v) is 21.0. The number of nitrogens with zero attached hydrogens (tertiary/aromatic N) is 2. The van der Waals surface area contributed by atoms with Crippen molar-refractivity contribution in [3.63, 3.8) is 0 Å². The van der Waals surface area contributed by atoms with Gasteiger partial charge in [-0.2, -0.15) is 0 Å². The van der Waals surface area contributed by atoms with Gasteiger partial charge in [-0.15, -0.1) is 0 Å². The highest BCUT2D eigenvalue weighted by molar-refractivity contribution is 6.08. The van der Waals surface area contributed by atoms with Crippen LogP contribution >= 0.6 is 0 Å². The van der Waals surface area contributed by atoms with Gasteiger partial charge in [0.05, 0.1) is 32.4 Å². The number of carbonyl (C=O) groups excluding carboxylic acids is 2. The van der Waals surface area contributed by atoms with Crippen LogP contribution in [0.15, 0.2) is 42.5 Å². The smallest absolute Gasteiger partial charge is 0.260 e. The van der Waals surface area contributed by atoms with Crippen molar-refractivity contribution in [3.05, 3.63) is 53.7 Å². The van der Waals surface area contributed by atoms with E-state index in [9.17, 15) is 9.59 Å². The van der Waals surface area contributed by atoms with Crippen molar-refractivity contribution in [2.24, 2.45) is 0 Å². The number of methoxy groups -OCH3 is 1. The zero-order chi connectivity index (χ0) is 25.5. The molecule has 2 amide bonds. The number of benzene rings is 2. The molecule has 9 heteroatoms. The van der Waals surface area contributed by atoms with Crippen LogP contribution in [0, 0.1) is 6.92 Å². The largest absolute Gasteiger partial charge is 0.493 e. The maximum Gasteiger partial charge on any atom is 0.260 e. The Balaban J connectivity index is 1.44. The fourth-order valence-electron chi connectivity index (χ4n) is 4.45. The topological polar surface area (TPSA) is 91.3 Å². The van der Waals surface area contributed by atoms with Crippen LogP contribution in [0.25, 0.3) is 10.9 Å². The third kappa shape index (κ3) is 5.57. The zero-order valence-electron chi connectivity index (χ0n) is 21.0. The van der Waals surface area contributed by atoms with Gasteiger partial charge >= 0.3 is 0 Å². The van der Waals surface area contributed by atoms with Gasteiger partial charge in [0, 0.05) is 36.2 Å². The quantitative estimate of drug-likeness (QED) is 0.435. The van der Waals surface area contributed by atoms with Crippen molar-refractivity contribution >= 4 is 22.7 Å². The minimum absolute atomic E-state index is 0.0548. The summed E-state index contributed by atoms with van der Waals surface area (Å²) >= 11 is 0. The molecule has 3 aromatic rings. The first-order chi connectivity index (χ1) is 17.5. The van der Waals surface area contributed by atoms with E-state index in [0.717, 1.165) is 23.1 Å². The lowest BCUT2D eigenvalue weighted by atomic mass is 10.1. The van der Waals surface area contributed by atoms with E-state index in [-0.39, 0.29) is 18.4 Å². The first kappa shape index (κ1) is 25.4. The van der Waals surface area contributed by atoms with Crippen molar-refractivity contribution < 1.29 is 28.5 Å². The average Bonchev–Trinajstić information content (AvgIpc) is 3.20. The molecule has 0 atom stereocenters. The lowest BCUT2D eigenvalue weighted by Gasteiger charge is -2.26. The van der Waals surface area contributed by atoms with E-state index in [2.05, 4.69) is 9.88 Å². The number of para-hydroxylation sites is 2. The summed E-state index contributed by atoms with van der Waals surface area (Å²) in [6, 6.07) is 13.0. The van der Waals surface area contributed by atoms with E-state index < -0.39 is 0 Å². The van der Waals surface area contributed by atoms with Crippen molar-refractivity contribution in [3.8, 4) is 17.2 Å². The minimum atomic E-state index is -0.185. The molecular formula is C27H33N3O6. The molecule has 4 rings (SSSR count). The number of fused-ring (bicyclic) bond motifs is 1. The van der Waals surface area contributed by atoms with E-state index in [1.165, 1.54) is 0 Å². The molecule has 0 saturated carbocycles. The second-order valence-electron chi connectivity index (χ2n) is 8.42. The molecule has 2 heterocycles. The lowest BCUT2D eigenvalue weighted by molar-refractivity contribution is -0.137. The fourth-order valence-corrected chi connectivity index (χ4v) is 4.45. The second kappa shape index (κ2) is 11.8. The molecule has 0 aliphatic carbocycles. The molecule has 2 aromatic carbocycles. The minimum Gasteiger partial charge on any atom is -0.493 e. The van der Waals surface area contributed by atoms with Gasteiger partial charge in [-0.1, -0.05) is 12.1 Å². The molecule has 1 saturated heterocycles. The van der Waals surface area contributed by atoms with E-state index in [1.807, 2.05) is 56.3 Å². The second-order valence-corrected chi connectivity index (χ2v) is 8.42. The molecule has 1 fully saturated rings. The van der Waals surface area contributed by atoms with Crippen LogP contribution in [0.3, 0.4) is 0 Å². The van der Waals surface area contributed by atoms with E-state index in [4.69, 9.17) is 18.9 Å². The first-order valence-corrected chi connectivity index (χ1v) is 12.2. The number of nitrogens with one attached hydrogen (secondary N) is 1. The summed E-state index contributed by atoms with van der Waals surface area (Å²) in [4.78, 5) is 27.4. The van der Waals surface area contributed by atoms with E-state index >= 15 is 0 Å². The van der Waals surface area contributed by atoms with Gasteiger partial charge in [0.1, 0.15) is 12.4 Å².